The first-order valence-electron chi connectivity index (χ1n) is 14.8. The molecule has 0 bridgehead atoms. The van der Waals surface area contributed by atoms with E-state index in [1.165, 1.54) is 9.70 Å². The van der Waals surface area contributed by atoms with Crippen LogP contribution in [-0.2, 0) is 19.1 Å². The average molecular weight is 594 g/mol. The molecule has 1 aromatic carbocycles. The number of hydrogen-bond donors (Lipinski definition) is 3. The van der Waals surface area contributed by atoms with E-state index >= 15 is 0 Å². The predicted octanol–water partition coefficient (Wildman–Crippen LogP) is 2.86. The molecule has 5 rings (SSSR count). The number of carbonyl (C=O) groups is 4. The van der Waals surface area contributed by atoms with Crippen molar-refractivity contribution in [3.05, 3.63) is 42.5 Å². The average Bonchev–Trinajstić information content (AvgIpc) is 3.28. The second-order valence-corrected chi connectivity index (χ2v) is 12.5. The summed E-state index contributed by atoms with van der Waals surface area (Å²) in [6, 6.07) is 6.89. The number of rotatable bonds is 4. The normalized spacial score (nSPS) is 28.9. The van der Waals surface area contributed by atoms with Crippen molar-refractivity contribution in [1.82, 2.24) is 35.7 Å². The number of carboxylic acids is 1. The number of hydrogen-bond acceptors (Lipinski definition) is 8. The van der Waals surface area contributed by atoms with Crippen molar-refractivity contribution >= 4 is 23.9 Å². The first kappa shape index (κ1) is 30.2. The number of nitrogens with one attached hydrogen (secondary N) is 2. The molecule has 2 aromatic rings. The molecule has 0 radical (unpaired) electrons. The molecule has 0 spiro atoms. The number of nitrogens with zero attached hydrogens (tertiary/aromatic N) is 5. The summed E-state index contributed by atoms with van der Waals surface area (Å²) < 4.78 is 5.43. The molecule has 5 atom stereocenters. The highest BCUT2D eigenvalue weighted by Gasteiger charge is 2.61. The van der Waals surface area contributed by atoms with Crippen LogP contribution in [0.3, 0.4) is 0 Å². The van der Waals surface area contributed by atoms with E-state index in [4.69, 9.17) is 4.74 Å². The lowest BCUT2D eigenvalue weighted by Crippen LogP contribution is -2.56. The van der Waals surface area contributed by atoms with Crippen molar-refractivity contribution in [1.29, 1.82) is 0 Å². The first-order chi connectivity index (χ1) is 20.5. The standard InChI is InChI=1S/C30H39N7O6/c1-29(2,3)43-28(42)31-22-15-11-6-4-5-10-14-20-17-30(20,27(40)41)32-25(38)23-16-21(18-36(23)26(22)39)37-34-24(33-35-37)19-12-8-7-9-13-19/h7-10,12-14,20-23H,4-6,11,15-18H2,1-3H3,(H,31,42)(H,32,38)(H,40,41)/b14-10-/t20-,21+,22+,23+,30+/m1/s1. The number of alkyl carbamates (subject to hydrolysis) is 1. The molecule has 1 saturated heterocycles. The number of aliphatic carboxylic acids is 1. The van der Waals surface area contributed by atoms with Crippen molar-refractivity contribution < 1.29 is 29.0 Å². The minimum atomic E-state index is -1.42. The van der Waals surface area contributed by atoms with Crippen molar-refractivity contribution in [2.45, 2.75) is 95.0 Å². The fourth-order valence-corrected chi connectivity index (χ4v) is 5.78. The quantitative estimate of drug-likeness (QED) is 0.451. The largest absolute Gasteiger partial charge is 0.479 e. The number of fused-ring (bicyclic) bond motifs is 2. The molecule has 43 heavy (non-hydrogen) atoms. The molecule has 3 amide bonds. The Morgan fingerprint density at radius 3 is 2.63 bits per heavy atom. The molecule has 1 saturated carbocycles. The molecule has 230 valence electrons. The van der Waals surface area contributed by atoms with E-state index in [2.05, 4.69) is 26.0 Å². The van der Waals surface area contributed by atoms with Crippen LogP contribution in [0.4, 0.5) is 4.79 Å². The van der Waals surface area contributed by atoms with Gasteiger partial charge in [0.2, 0.25) is 17.6 Å². The molecule has 13 nitrogen and oxygen atoms in total. The minimum absolute atomic E-state index is 0.0808. The lowest BCUT2D eigenvalue weighted by atomic mass is 10.0. The zero-order chi connectivity index (χ0) is 30.8. The van der Waals surface area contributed by atoms with E-state index in [0.29, 0.717) is 18.7 Å². The molecular weight excluding hydrogens is 554 g/mol. The summed E-state index contributed by atoms with van der Waals surface area (Å²) in [7, 11) is 0. The highest BCUT2D eigenvalue weighted by atomic mass is 16.6. The molecule has 0 unspecified atom stereocenters. The Kier molecular flexibility index (Phi) is 8.52. The number of tetrazole rings is 1. The third-order valence-electron chi connectivity index (χ3n) is 8.12. The third-order valence-corrected chi connectivity index (χ3v) is 8.12. The summed E-state index contributed by atoms with van der Waals surface area (Å²) in [5.74, 6) is -2.04. The van der Waals surface area contributed by atoms with Gasteiger partial charge >= 0.3 is 12.1 Å². The summed E-state index contributed by atoms with van der Waals surface area (Å²) in [5, 5.41) is 28.4. The summed E-state index contributed by atoms with van der Waals surface area (Å²) in [4.78, 5) is 55.7. The molecule has 1 aromatic heterocycles. The van der Waals surface area contributed by atoms with Crippen molar-refractivity contribution in [2.24, 2.45) is 5.92 Å². The van der Waals surface area contributed by atoms with E-state index < -0.39 is 53.1 Å². The van der Waals surface area contributed by atoms with Gasteiger partial charge in [-0.3, -0.25) is 9.59 Å². The van der Waals surface area contributed by atoms with E-state index in [-0.39, 0.29) is 25.3 Å². The van der Waals surface area contributed by atoms with Gasteiger partial charge in [0.15, 0.2) is 0 Å². The number of aromatic nitrogens is 4. The van der Waals surface area contributed by atoms with Gasteiger partial charge in [0.25, 0.3) is 0 Å². The van der Waals surface area contributed by atoms with Gasteiger partial charge in [-0.1, -0.05) is 55.3 Å². The van der Waals surface area contributed by atoms with Crippen LogP contribution >= 0.6 is 0 Å². The van der Waals surface area contributed by atoms with Crippen molar-refractivity contribution in [2.75, 3.05) is 6.54 Å². The van der Waals surface area contributed by atoms with Crippen LogP contribution in [-0.4, -0.2) is 83.9 Å². The summed E-state index contributed by atoms with van der Waals surface area (Å²) >= 11 is 0. The predicted molar refractivity (Wildman–Crippen MR) is 154 cm³/mol. The van der Waals surface area contributed by atoms with Gasteiger partial charge < -0.3 is 25.4 Å². The Hall–Kier alpha value is -4.29. The van der Waals surface area contributed by atoms with Crippen LogP contribution in [0.1, 0.15) is 71.8 Å². The van der Waals surface area contributed by atoms with Gasteiger partial charge in [0.1, 0.15) is 23.2 Å². The van der Waals surface area contributed by atoms with Crippen molar-refractivity contribution in [3.63, 3.8) is 0 Å². The van der Waals surface area contributed by atoms with Crippen molar-refractivity contribution in [3.8, 4) is 11.4 Å². The van der Waals surface area contributed by atoms with E-state index in [1.807, 2.05) is 42.5 Å². The Morgan fingerprint density at radius 1 is 1.14 bits per heavy atom. The fraction of sp³-hybridized carbons (Fsp3) is 0.567. The maximum Gasteiger partial charge on any atom is 0.408 e. The van der Waals surface area contributed by atoms with Gasteiger partial charge in [-0.15, -0.1) is 10.2 Å². The van der Waals surface area contributed by atoms with Gasteiger partial charge in [-0.05, 0) is 51.7 Å². The molecule has 3 heterocycles. The first-order valence-corrected chi connectivity index (χ1v) is 14.8. The van der Waals surface area contributed by atoms with Gasteiger partial charge in [-0.25, -0.2) is 9.59 Å². The lowest BCUT2D eigenvalue weighted by molar-refractivity contribution is -0.145. The maximum absolute atomic E-state index is 14.1. The van der Waals surface area contributed by atoms with Crippen LogP contribution < -0.4 is 10.6 Å². The molecule has 2 fully saturated rings. The second kappa shape index (κ2) is 12.1. The number of benzene rings is 1. The highest BCUT2D eigenvalue weighted by molar-refractivity contribution is 5.96. The smallest absolute Gasteiger partial charge is 0.408 e. The van der Waals surface area contributed by atoms with Crippen LogP contribution in [0.2, 0.25) is 0 Å². The Labute approximate surface area is 250 Å². The molecule has 3 N–H and O–H groups in total. The minimum Gasteiger partial charge on any atom is -0.479 e. The number of carboxylic acid groups (broad SMARTS) is 1. The van der Waals surface area contributed by atoms with Gasteiger partial charge in [-0.2, -0.15) is 4.80 Å². The molecule has 2 aliphatic heterocycles. The molecule has 3 aliphatic rings. The molecule has 1 aliphatic carbocycles. The Bertz CT molecular complexity index is 1390. The van der Waals surface area contributed by atoms with E-state index in [9.17, 15) is 24.3 Å². The fourth-order valence-electron chi connectivity index (χ4n) is 5.78. The zero-order valence-electron chi connectivity index (χ0n) is 24.7. The summed E-state index contributed by atoms with van der Waals surface area (Å²) in [5.41, 5.74) is -1.41. The van der Waals surface area contributed by atoms with Crippen LogP contribution in [0, 0.1) is 5.92 Å². The number of carbonyl (C=O) groups excluding carboxylic acids is 3. The highest BCUT2D eigenvalue weighted by Crippen LogP contribution is 2.45. The van der Waals surface area contributed by atoms with Crippen LogP contribution in [0.25, 0.3) is 11.4 Å². The number of allylic oxidation sites excluding steroid dienone is 1. The number of amides is 3. The van der Waals surface area contributed by atoms with Gasteiger partial charge in [0.05, 0.1) is 6.04 Å². The molecule has 13 heteroatoms. The summed E-state index contributed by atoms with van der Waals surface area (Å²) in [6.07, 6.45) is 6.98. The Balaban J connectivity index is 1.44. The third kappa shape index (κ3) is 6.86. The summed E-state index contributed by atoms with van der Waals surface area (Å²) in [6.45, 7) is 5.30. The maximum atomic E-state index is 14.1. The van der Waals surface area contributed by atoms with E-state index in [1.54, 1.807) is 20.8 Å². The van der Waals surface area contributed by atoms with E-state index in [0.717, 1.165) is 24.8 Å². The molecular formula is C30H39N7O6. The monoisotopic (exact) mass is 593 g/mol. The van der Waals surface area contributed by atoms with Crippen LogP contribution in [0.5, 0.6) is 0 Å². The number of ether oxygens (including phenoxy) is 1. The SMILES string of the molecule is CC(C)(C)OC(=O)N[C@H]1CCCCC/C=C\[C@@H]2C[C@]2(C(=O)O)NC(=O)[C@@H]2C[C@H](n3nnc(-c4ccccc4)n3)CN2C1=O. The van der Waals surface area contributed by atoms with Crippen LogP contribution in [0.15, 0.2) is 42.5 Å². The topological polar surface area (TPSA) is 169 Å². The van der Waals surface area contributed by atoms with Gasteiger partial charge in [0, 0.05) is 24.4 Å². The lowest BCUT2D eigenvalue weighted by Gasteiger charge is -2.30. The Morgan fingerprint density at radius 2 is 1.91 bits per heavy atom. The zero-order valence-corrected chi connectivity index (χ0v) is 24.7. The second-order valence-electron chi connectivity index (χ2n) is 12.5.